The summed E-state index contributed by atoms with van der Waals surface area (Å²) >= 11 is 0. The molecular weight excluding hydrogens is 430 g/mol. The van der Waals surface area contributed by atoms with Gasteiger partial charge in [0.15, 0.2) is 0 Å². The second-order valence-electron chi connectivity index (χ2n) is 8.98. The molecule has 0 bridgehead atoms. The number of hydrogen-bond acceptors (Lipinski definition) is 3. The van der Waals surface area contributed by atoms with Gasteiger partial charge in [-0.15, -0.1) is 0 Å². The highest BCUT2D eigenvalue weighted by atomic mass is 19.1. The normalized spacial score (nSPS) is 16.4. The number of likely N-dealkylation sites (tertiary alicyclic amines) is 1. The van der Waals surface area contributed by atoms with Gasteiger partial charge in [0, 0.05) is 19.1 Å². The van der Waals surface area contributed by atoms with E-state index in [1.54, 1.807) is 24.3 Å². The van der Waals surface area contributed by atoms with E-state index in [1.807, 2.05) is 0 Å². The molecule has 1 aliphatic rings. The highest BCUT2D eigenvalue weighted by Crippen LogP contribution is 2.27. The number of rotatable bonds is 12. The minimum Gasteiger partial charge on any atom is -0.367 e. The lowest BCUT2D eigenvalue weighted by Gasteiger charge is -2.26. The SMILES string of the molecule is Fc1ccc(C(OCCN2CCC[C@H]2CNCCCc2ccccc2)c2ccc(F)cc2)cc1. The van der Waals surface area contributed by atoms with Crippen LogP contribution in [0.1, 0.15) is 42.1 Å². The topological polar surface area (TPSA) is 24.5 Å². The van der Waals surface area contributed by atoms with Gasteiger partial charge >= 0.3 is 0 Å². The van der Waals surface area contributed by atoms with Crippen molar-refractivity contribution in [1.29, 1.82) is 0 Å². The van der Waals surface area contributed by atoms with E-state index in [0.29, 0.717) is 12.6 Å². The summed E-state index contributed by atoms with van der Waals surface area (Å²) in [6.07, 6.45) is 4.29. The van der Waals surface area contributed by atoms with E-state index in [2.05, 4.69) is 40.5 Å². The Kier molecular flexibility index (Phi) is 9.19. The maximum Gasteiger partial charge on any atom is 0.123 e. The molecule has 1 saturated heterocycles. The molecule has 3 aromatic carbocycles. The number of hydrogen-bond donors (Lipinski definition) is 1. The van der Waals surface area contributed by atoms with Gasteiger partial charge in [0.1, 0.15) is 17.7 Å². The minimum atomic E-state index is -0.349. The monoisotopic (exact) mass is 464 g/mol. The fourth-order valence-corrected chi connectivity index (χ4v) is 4.70. The van der Waals surface area contributed by atoms with Crippen molar-refractivity contribution < 1.29 is 13.5 Å². The van der Waals surface area contributed by atoms with E-state index >= 15 is 0 Å². The third-order valence-corrected chi connectivity index (χ3v) is 6.55. The van der Waals surface area contributed by atoms with Crippen LogP contribution in [0, 0.1) is 11.6 Å². The van der Waals surface area contributed by atoms with Gasteiger partial charge < -0.3 is 10.1 Å². The Morgan fingerprint density at radius 1 is 0.882 bits per heavy atom. The van der Waals surface area contributed by atoms with Gasteiger partial charge in [-0.2, -0.15) is 0 Å². The van der Waals surface area contributed by atoms with Crippen LogP contribution in [0.25, 0.3) is 0 Å². The maximum atomic E-state index is 13.4. The summed E-state index contributed by atoms with van der Waals surface area (Å²) in [5, 5.41) is 3.64. The van der Waals surface area contributed by atoms with Crippen molar-refractivity contribution >= 4 is 0 Å². The van der Waals surface area contributed by atoms with Crippen LogP contribution in [-0.2, 0) is 11.2 Å². The van der Waals surface area contributed by atoms with Crippen molar-refractivity contribution in [3.05, 3.63) is 107 Å². The summed E-state index contributed by atoms with van der Waals surface area (Å²) in [6.45, 7) is 4.50. The molecule has 180 valence electrons. The average Bonchev–Trinajstić information content (AvgIpc) is 3.31. The highest BCUT2D eigenvalue weighted by molar-refractivity contribution is 5.30. The average molecular weight is 465 g/mol. The maximum absolute atomic E-state index is 13.4. The summed E-state index contributed by atoms with van der Waals surface area (Å²) in [7, 11) is 0. The zero-order chi connectivity index (χ0) is 23.6. The predicted molar refractivity (Wildman–Crippen MR) is 133 cm³/mol. The van der Waals surface area contributed by atoms with Crippen molar-refractivity contribution in [1.82, 2.24) is 10.2 Å². The first-order valence-corrected chi connectivity index (χ1v) is 12.3. The van der Waals surface area contributed by atoms with Crippen LogP contribution in [-0.4, -0.2) is 43.7 Å². The van der Waals surface area contributed by atoms with Gasteiger partial charge in [-0.1, -0.05) is 54.6 Å². The third kappa shape index (κ3) is 7.20. The van der Waals surface area contributed by atoms with Crippen molar-refractivity contribution in [2.24, 2.45) is 0 Å². The number of halogens is 2. The van der Waals surface area contributed by atoms with E-state index in [-0.39, 0.29) is 17.7 Å². The molecule has 0 spiro atoms. The molecule has 0 aliphatic carbocycles. The van der Waals surface area contributed by atoms with Gasteiger partial charge in [-0.25, -0.2) is 8.78 Å². The lowest BCUT2D eigenvalue weighted by Crippen LogP contribution is -2.40. The van der Waals surface area contributed by atoms with Crippen LogP contribution < -0.4 is 5.32 Å². The lowest BCUT2D eigenvalue weighted by molar-refractivity contribution is 0.0570. The smallest absolute Gasteiger partial charge is 0.123 e. The summed E-state index contributed by atoms with van der Waals surface area (Å²) < 4.78 is 33.2. The molecule has 1 atom stereocenters. The first-order valence-electron chi connectivity index (χ1n) is 12.3. The standard InChI is InChI=1S/C29H34F2N2O/c30-26-14-10-24(11-15-26)29(25-12-16-27(31)17-13-25)34-21-20-33-19-5-9-28(33)22-32-18-4-8-23-6-2-1-3-7-23/h1-3,6-7,10-17,28-29,32H,4-5,8-9,18-22H2/t28-/m0/s1. The molecule has 0 unspecified atom stereocenters. The van der Waals surface area contributed by atoms with Crippen LogP contribution in [0.3, 0.4) is 0 Å². The van der Waals surface area contributed by atoms with Crippen molar-refractivity contribution in [3.63, 3.8) is 0 Å². The molecular formula is C29H34F2N2O. The van der Waals surface area contributed by atoms with Crippen LogP contribution in [0.2, 0.25) is 0 Å². The van der Waals surface area contributed by atoms with Gasteiger partial charge in [0.05, 0.1) is 6.61 Å². The second kappa shape index (κ2) is 12.7. The van der Waals surface area contributed by atoms with Gasteiger partial charge in [-0.3, -0.25) is 4.90 Å². The quantitative estimate of drug-likeness (QED) is 0.345. The Bertz CT molecular complexity index is 934. The summed E-state index contributed by atoms with van der Waals surface area (Å²) in [6, 6.07) is 23.8. The molecule has 34 heavy (non-hydrogen) atoms. The number of nitrogens with zero attached hydrogens (tertiary/aromatic N) is 1. The van der Waals surface area contributed by atoms with Crippen molar-refractivity contribution in [2.45, 2.75) is 37.8 Å². The number of ether oxygens (including phenoxy) is 1. The van der Waals surface area contributed by atoms with Gasteiger partial charge in [0.25, 0.3) is 0 Å². The van der Waals surface area contributed by atoms with E-state index in [0.717, 1.165) is 50.1 Å². The zero-order valence-electron chi connectivity index (χ0n) is 19.6. The van der Waals surface area contributed by atoms with E-state index in [4.69, 9.17) is 4.74 Å². The largest absolute Gasteiger partial charge is 0.367 e. The Morgan fingerprint density at radius 2 is 1.53 bits per heavy atom. The fourth-order valence-electron chi connectivity index (χ4n) is 4.70. The third-order valence-electron chi connectivity index (χ3n) is 6.55. The second-order valence-corrected chi connectivity index (χ2v) is 8.98. The molecule has 5 heteroatoms. The summed E-state index contributed by atoms with van der Waals surface area (Å²) in [5.74, 6) is -0.560. The Labute approximate surface area is 201 Å². The van der Waals surface area contributed by atoms with E-state index in [1.165, 1.54) is 42.7 Å². The highest BCUT2D eigenvalue weighted by Gasteiger charge is 2.24. The first kappa shape index (κ1) is 24.5. The van der Waals surface area contributed by atoms with Crippen molar-refractivity contribution in [3.8, 4) is 0 Å². The molecule has 0 aromatic heterocycles. The molecule has 1 N–H and O–H groups in total. The molecule has 1 heterocycles. The molecule has 0 radical (unpaired) electrons. The number of aryl methyl sites for hydroxylation is 1. The number of benzene rings is 3. The van der Waals surface area contributed by atoms with Crippen LogP contribution in [0.15, 0.2) is 78.9 Å². The molecule has 4 rings (SSSR count). The molecule has 1 aliphatic heterocycles. The fraction of sp³-hybridized carbons (Fsp3) is 0.379. The van der Waals surface area contributed by atoms with Crippen molar-refractivity contribution in [2.75, 3.05) is 32.8 Å². The summed E-state index contributed by atoms with van der Waals surface area (Å²) in [5.41, 5.74) is 3.12. The number of nitrogens with one attached hydrogen (secondary N) is 1. The summed E-state index contributed by atoms with van der Waals surface area (Å²) in [4.78, 5) is 2.50. The van der Waals surface area contributed by atoms with Crippen LogP contribution in [0.4, 0.5) is 8.78 Å². The zero-order valence-corrected chi connectivity index (χ0v) is 19.6. The Morgan fingerprint density at radius 3 is 2.18 bits per heavy atom. The van der Waals surface area contributed by atoms with Gasteiger partial charge in [-0.05, 0) is 79.7 Å². The molecule has 0 saturated carbocycles. The Hall–Kier alpha value is -2.60. The van der Waals surface area contributed by atoms with Crippen LogP contribution in [0.5, 0.6) is 0 Å². The molecule has 0 amide bonds. The lowest BCUT2D eigenvalue weighted by atomic mass is 10.0. The Balaban J connectivity index is 1.25. The van der Waals surface area contributed by atoms with Gasteiger partial charge in [0.2, 0.25) is 0 Å². The molecule has 3 nitrogen and oxygen atoms in total. The van der Waals surface area contributed by atoms with E-state index < -0.39 is 0 Å². The first-order chi connectivity index (χ1) is 16.7. The molecule has 3 aromatic rings. The van der Waals surface area contributed by atoms with E-state index in [9.17, 15) is 8.78 Å². The minimum absolute atomic E-state index is 0.280. The molecule has 1 fully saturated rings. The predicted octanol–water partition coefficient (Wildman–Crippen LogP) is 5.76. The van der Waals surface area contributed by atoms with Crippen LogP contribution >= 0.6 is 0 Å².